The number of hydrogen-bond donors (Lipinski definition) is 1. The minimum atomic E-state index is -0.333. The Balaban J connectivity index is 2.46. The monoisotopic (exact) mass is 198 g/mol. The number of carbonyl (C=O) groups excluding carboxylic acids is 1. The summed E-state index contributed by atoms with van der Waals surface area (Å²) < 4.78 is 5.95. The van der Waals surface area contributed by atoms with Gasteiger partial charge in [0.05, 0.1) is 12.8 Å². The minimum absolute atomic E-state index is 0.103. The normalized spacial score (nSPS) is 10.1. The molecule has 0 fully saturated rings. The van der Waals surface area contributed by atoms with E-state index < -0.39 is 0 Å². The number of esters is 1. The fraction of sp³-hybridized carbons (Fsp3) is 0.625. The van der Waals surface area contributed by atoms with Crippen LogP contribution >= 0.6 is 0 Å². The molecule has 0 spiro atoms. The highest BCUT2D eigenvalue weighted by molar-refractivity contribution is 5.68. The van der Waals surface area contributed by atoms with Gasteiger partial charge < -0.3 is 10.5 Å². The Morgan fingerprint density at radius 2 is 2.50 bits per heavy atom. The SMILES string of the molecule is COC(=O)Cn1cc(CCCN)nn1. The van der Waals surface area contributed by atoms with Crippen LogP contribution in [0.25, 0.3) is 0 Å². The van der Waals surface area contributed by atoms with Crippen molar-refractivity contribution in [3.8, 4) is 0 Å². The Morgan fingerprint density at radius 3 is 3.14 bits per heavy atom. The molecule has 0 saturated carbocycles. The molecule has 2 N–H and O–H groups in total. The van der Waals surface area contributed by atoms with Gasteiger partial charge in [-0.25, -0.2) is 4.68 Å². The van der Waals surface area contributed by atoms with Crippen LogP contribution in [0.5, 0.6) is 0 Å². The van der Waals surface area contributed by atoms with Gasteiger partial charge in [-0.1, -0.05) is 5.21 Å². The Morgan fingerprint density at radius 1 is 1.71 bits per heavy atom. The molecule has 1 aromatic heterocycles. The quantitative estimate of drug-likeness (QED) is 0.635. The second-order valence-electron chi connectivity index (χ2n) is 2.88. The molecule has 0 unspecified atom stereocenters. The second kappa shape index (κ2) is 5.33. The average molecular weight is 198 g/mol. The van der Waals surface area contributed by atoms with Gasteiger partial charge in [-0.15, -0.1) is 5.10 Å². The summed E-state index contributed by atoms with van der Waals surface area (Å²) in [5.41, 5.74) is 6.20. The third-order valence-electron chi connectivity index (χ3n) is 1.74. The highest BCUT2D eigenvalue weighted by atomic mass is 16.5. The first-order valence-corrected chi connectivity index (χ1v) is 4.42. The van der Waals surface area contributed by atoms with Crippen molar-refractivity contribution in [2.45, 2.75) is 19.4 Å². The zero-order valence-electron chi connectivity index (χ0n) is 8.14. The molecular weight excluding hydrogens is 184 g/mol. The summed E-state index contributed by atoms with van der Waals surface area (Å²) in [5, 5.41) is 7.67. The average Bonchev–Trinajstić information content (AvgIpc) is 2.62. The maximum Gasteiger partial charge on any atom is 0.327 e. The lowest BCUT2D eigenvalue weighted by molar-refractivity contribution is -0.141. The molecule has 1 aromatic rings. The molecule has 0 atom stereocenters. The number of ether oxygens (including phenoxy) is 1. The first-order valence-electron chi connectivity index (χ1n) is 4.42. The Kier molecular flexibility index (Phi) is 4.06. The van der Waals surface area contributed by atoms with Crippen LogP contribution in [0.3, 0.4) is 0 Å². The zero-order valence-corrected chi connectivity index (χ0v) is 8.14. The molecule has 6 nitrogen and oxygen atoms in total. The molecule has 6 heteroatoms. The molecule has 0 aliphatic rings. The van der Waals surface area contributed by atoms with E-state index in [9.17, 15) is 4.79 Å². The van der Waals surface area contributed by atoms with Crippen LogP contribution in [0.2, 0.25) is 0 Å². The van der Waals surface area contributed by atoms with Gasteiger partial charge >= 0.3 is 5.97 Å². The van der Waals surface area contributed by atoms with Crippen LogP contribution in [0.15, 0.2) is 6.20 Å². The lowest BCUT2D eigenvalue weighted by Crippen LogP contribution is -2.11. The van der Waals surface area contributed by atoms with Crippen LogP contribution in [0, 0.1) is 0 Å². The van der Waals surface area contributed by atoms with Crippen molar-refractivity contribution in [2.75, 3.05) is 13.7 Å². The summed E-state index contributed by atoms with van der Waals surface area (Å²) in [5.74, 6) is -0.333. The predicted molar refractivity (Wildman–Crippen MR) is 49.4 cm³/mol. The second-order valence-corrected chi connectivity index (χ2v) is 2.88. The summed E-state index contributed by atoms with van der Waals surface area (Å²) in [4.78, 5) is 10.9. The third kappa shape index (κ3) is 3.14. The topological polar surface area (TPSA) is 83.0 Å². The lowest BCUT2D eigenvalue weighted by Gasteiger charge is -1.96. The van der Waals surface area contributed by atoms with Crippen LogP contribution in [-0.4, -0.2) is 34.6 Å². The van der Waals surface area contributed by atoms with Crippen molar-refractivity contribution in [3.63, 3.8) is 0 Å². The zero-order chi connectivity index (χ0) is 10.4. The van der Waals surface area contributed by atoms with Crippen molar-refractivity contribution in [1.82, 2.24) is 15.0 Å². The maximum absolute atomic E-state index is 10.9. The van der Waals surface area contributed by atoms with Gasteiger partial charge in [-0.3, -0.25) is 4.79 Å². The predicted octanol–water partition coefficient (Wildman–Crippen LogP) is -0.658. The van der Waals surface area contributed by atoms with Crippen LogP contribution in [0.1, 0.15) is 12.1 Å². The Hall–Kier alpha value is -1.43. The van der Waals surface area contributed by atoms with Gasteiger partial charge in [0.1, 0.15) is 6.54 Å². The van der Waals surface area contributed by atoms with E-state index >= 15 is 0 Å². The standard InChI is InChI=1S/C8H14N4O2/c1-14-8(13)6-12-5-7(10-11-12)3-2-4-9/h5H,2-4,6,9H2,1H3. The van der Waals surface area contributed by atoms with E-state index in [0.717, 1.165) is 18.5 Å². The smallest absolute Gasteiger partial charge is 0.327 e. The largest absolute Gasteiger partial charge is 0.468 e. The number of aryl methyl sites for hydroxylation is 1. The maximum atomic E-state index is 10.9. The van der Waals surface area contributed by atoms with Crippen molar-refractivity contribution in [1.29, 1.82) is 0 Å². The van der Waals surface area contributed by atoms with Crippen LogP contribution < -0.4 is 5.73 Å². The van der Waals surface area contributed by atoms with E-state index in [0.29, 0.717) is 6.54 Å². The molecule has 0 saturated heterocycles. The summed E-state index contributed by atoms with van der Waals surface area (Å²) >= 11 is 0. The van der Waals surface area contributed by atoms with Crippen molar-refractivity contribution in [2.24, 2.45) is 5.73 Å². The van der Waals surface area contributed by atoms with E-state index in [-0.39, 0.29) is 12.5 Å². The van der Waals surface area contributed by atoms with E-state index in [2.05, 4.69) is 15.0 Å². The van der Waals surface area contributed by atoms with Crippen LogP contribution in [0.4, 0.5) is 0 Å². The molecule has 0 amide bonds. The van der Waals surface area contributed by atoms with E-state index in [1.54, 1.807) is 6.20 Å². The first-order chi connectivity index (χ1) is 6.76. The van der Waals surface area contributed by atoms with Crippen molar-refractivity contribution >= 4 is 5.97 Å². The molecular formula is C8H14N4O2. The van der Waals surface area contributed by atoms with Gasteiger partial charge in [-0.05, 0) is 19.4 Å². The fourth-order valence-corrected chi connectivity index (χ4v) is 1.01. The molecule has 0 aliphatic carbocycles. The Bertz CT molecular complexity index is 297. The number of aromatic nitrogens is 3. The molecule has 0 aliphatic heterocycles. The van der Waals surface area contributed by atoms with Gasteiger partial charge in [0.2, 0.25) is 0 Å². The van der Waals surface area contributed by atoms with Gasteiger partial charge in [-0.2, -0.15) is 0 Å². The molecule has 0 radical (unpaired) electrons. The number of rotatable bonds is 5. The summed E-state index contributed by atoms with van der Waals surface area (Å²) in [6.45, 7) is 0.732. The summed E-state index contributed by atoms with van der Waals surface area (Å²) in [6, 6.07) is 0. The molecule has 0 aromatic carbocycles. The van der Waals surface area contributed by atoms with Crippen LogP contribution in [-0.2, 0) is 22.5 Å². The highest BCUT2D eigenvalue weighted by Crippen LogP contribution is 1.97. The Labute approximate surface area is 82.0 Å². The lowest BCUT2D eigenvalue weighted by atomic mass is 10.2. The van der Waals surface area contributed by atoms with Gasteiger partial charge in [0, 0.05) is 6.20 Å². The minimum Gasteiger partial charge on any atom is -0.468 e. The number of nitrogens with zero attached hydrogens (tertiary/aromatic N) is 3. The first kappa shape index (κ1) is 10.6. The fourth-order valence-electron chi connectivity index (χ4n) is 1.01. The molecule has 14 heavy (non-hydrogen) atoms. The van der Waals surface area contributed by atoms with Gasteiger partial charge in [0.25, 0.3) is 0 Å². The molecule has 78 valence electrons. The number of methoxy groups -OCH3 is 1. The third-order valence-corrected chi connectivity index (χ3v) is 1.74. The summed E-state index contributed by atoms with van der Waals surface area (Å²) in [7, 11) is 1.34. The van der Waals surface area contributed by atoms with E-state index in [4.69, 9.17) is 5.73 Å². The number of carbonyl (C=O) groups is 1. The number of hydrogen-bond acceptors (Lipinski definition) is 5. The molecule has 1 heterocycles. The van der Waals surface area contributed by atoms with Crippen molar-refractivity contribution in [3.05, 3.63) is 11.9 Å². The molecule has 1 rings (SSSR count). The van der Waals surface area contributed by atoms with Gasteiger partial charge in [0.15, 0.2) is 0 Å². The van der Waals surface area contributed by atoms with Crippen molar-refractivity contribution < 1.29 is 9.53 Å². The number of nitrogens with two attached hydrogens (primary N) is 1. The van der Waals surface area contributed by atoms with E-state index in [1.807, 2.05) is 0 Å². The highest BCUT2D eigenvalue weighted by Gasteiger charge is 2.04. The summed E-state index contributed by atoms with van der Waals surface area (Å²) in [6.07, 6.45) is 3.39. The van der Waals surface area contributed by atoms with E-state index in [1.165, 1.54) is 11.8 Å². The molecule has 0 bridgehead atoms.